The van der Waals surface area contributed by atoms with Gasteiger partial charge in [0.1, 0.15) is 0 Å². The molecular formula is C20H19N3S2. The smallest absolute Gasteiger partial charge is 0.170 e. The van der Waals surface area contributed by atoms with Crippen LogP contribution < -0.4 is 5.32 Å². The number of thiophene rings is 1. The first-order chi connectivity index (χ1) is 12.2. The summed E-state index contributed by atoms with van der Waals surface area (Å²) in [5.74, 6) is 0. The predicted octanol–water partition coefficient (Wildman–Crippen LogP) is 4.62. The number of nitrogens with zero attached hydrogens (tertiary/aromatic N) is 2. The van der Waals surface area contributed by atoms with Crippen molar-refractivity contribution in [2.24, 2.45) is 0 Å². The molecule has 1 aliphatic rings. The molecule has 3 nitrogen and oxygen atoms in total. The Labute approximate surface area is 157 Å². The van der Waals surface area contributed by atoms with Crippen molar-refractivity contribution in [2.75, 3.05) is 0 Å². The van der Waals surface area contributed by atoms with E-state index in [0.29, 0.717) is 0 Å². The van der Waals surface area contributed by atoms with Gasteiger partial charge in [-0.05, 0) is 53.8 Å². The third-order valence-corrected chi connectivity index (χ3v) is 6.01. The summed E-state index contributed by atoms with van der Waals surface area (Å²) in [7, 11) is 0. The summed E-state index contributed by atoms with van der Waals surface area (Å²) in [5, 5.41) is 6.45. The highest BCUT2D eigenvalue weighted by molar-refractivity contribution is 7.80. The molecule has 0 spiro atoms. The quantitative estimate of drug-likeness (QED) is 0.683. The monoisotopic (exact) mass is 365 g/mol. The molecule has 1 N–H and O–H groups in total. The molecular weight excluding hydrogens is 346 g/mol. The number of hydrogen-bond donors (Lipinski definition) is 1. The highest BCUT2D eigenvalue weighted by Crippen LogP contribution is 2.42. The van der Waals surface area contributed by atoms with Crippen LogP contribution in [-0.4, -0.2) is 15.0 Å². The van der Waals surface area contributed by atoms with Crippen molar-refractivity contribution in [1.82, 2.24) is 15.2 Å². The standard InChI is InChI=1S/C20H19N3S2/c1-14-10-12-25-19(14)18-17(16-9-5-6-11-21-16)22-20(24)23(18)13-15-7-3-2-4-8-15/h2-12,17-18H,13H2,1H3,(H,22,24). The van der Waals surface area contributed by atoms with Crippen molar-refractivity contribution in [3.8, 4) is 0 Å². The molecule has 0 radical (unpaired) electrons. The molecule has 5 heteroatoms. The highest BCUT2D eigenvalue weighted by atomic mass is 32.1. The zero-order valence-corrected chi connectivity index (χ0v) is 15.6. The molecule has 1 saturated heterocycles. The Morgan fingerprint density at radius 3 is 2.60 bits per heavy atom. The highest BCUT2D eigenvalue weighted by Gasteiger charge is 2.40. The van der Waals surface area contributed by atoms with Gasteiger partial charge in [0.25, 0.3) is 0 Å². The number of benzene rings is 1. The maximum atomic E-state index is 5.70. The number of pyridine rings is 1. The van der Waals surface area contributed by atoms with Gasteiger partial charge in [0, 0.05) is 17.6 Å². The van der Waals surface area contributed by atoms with Crippen LogP contribution in [0, 0.1) is 6.92 Å². The first-order valence-corrected chi connectivity index (χ1v) is 9.59. The first-order valence-electron chi connectivity index (χ1n) is 8.30. The van der Waals surface area contributed by atoms with Crippen molar-refractivity contribution >= 4 is 28.7 Å². The van der Waals surface area contributed by atoms with E-state index < -0.39 is 0 Å². The molecule has 0 saturated carbocycles. The second-order valence-electron chi connectivity index (χ2n) is 6.21. The average Bonchev–Trinajstić information content (AvgIpc) is 3.20. The summed E-state index contributed by atoms with van der Waals surface area (Å²) in [6.07, 6.45) is 1.85. The number of aromatic nitrogens is 1. The topological polar surface area (TPSA) is 28.2 Å². The van der Waals surface area contributed by atoms with E-state index in [1.807, 2.05) is 24.4 Å². The Morgan fingerprint density at radius 2 is 1.92 bits per heavy atom. The fourth-order valence-corrected chi connectivity index (χ4v) is 4.71. The fourth-order valence-electron chi connectivity index (χ4n) is 3.33. The van der Waals surface area contributed by atoms with Gasteiger partial charge in [-0.1, -0.05) is 36.4 Å². The number of rotatable bonds is 4. The van der Waals surface area contributed by atoms with Crippen molar-refractivity contribution in [2.45, 2.75) is 25.6 Å². The van der Waals surface area contributed by atoms with E-state index in [1.165, 1.54) is 16.0 Å². The van der Waals surface area contributed by atoms with Crippen LogP contribution in [0.4, 0.5) is 0 Å². The largest absolute Gasteiger partial charge is 0.352 e. The molecule has 1 aromatic carbocycles. The number of aryl methyl sites for hydroxylation is 1. The van der Waals surface area contributed by atoms with Crippen LogP contribution in [0.5, 0.6) is 0 Å². The summed E-state index contributed by atoms with van der Waals surface area (Å²) in [6, 6.07) is 18.9. The summed E-state index contributed by atoms with van der Waals surface area (Å²) in [5.41, 5.74) is 3.59. The fraction of sp³-hybridized carbons (Fsp3) is 0.200. The molecule has 3 heterocycles. The molecule has 4 rings (SSSR count). The molecule has 1 aliphatic heterocycles. The molecule has 2 unspecified atom stereocenters. The Morgan fingerprint density at radius 1 is 1.12 bits per heavy atom. The molecule has 0 bridgehead atoms. The van der Waals surface area contributed by atoms with E-state index in [9.17, 15) is 0 Å². The average molecular weight is 366 g/mol. The number of nitrogens with one attached hydrogen (secondary N) is 1. The molecule has 25 heavy (non-hydrogen) atoms. The molecule has 0 aliphatic carbocycles. The van der Waals surface area contributed by atoms with Crippen LogP contribution >= 0.6 is 23.6 Å². The van der Waals surface area contributed by atoms with Gasteiger partial charge in [-0.25, -0.2) is 0 Å². The Kier molecular flexibility index (Phi) is 4.51. The minimum Gasteiger partial charge on any atom is -0.352 e. The van der Waals surface area contributed by atoms with Crippen LogP contribution in [0.2, 0.25) is 0 Å². The van der Waals surface area contributed by atoms with Crippen LogP contribution in [-0.2, 0) is 6.54 Å². The van der Waals surface area contributed by atoms with Crippen molar-refractivity contribution in [1.29, 1.82) is 0 Å². The summed E-state index contributed by atoms with van der Waals surface area (Å²) in [6.45, 7) is 2.96. The van der Waals surface area contributed by atoms with E-state index >= 15 is 0 Å². The van der Waals surface area contributed by atoms with Crippen LogP contribution in [0.25, 0.3) is 0 Å². The minimum atomic E-state index is 0.0646. The van der Waals surface area contributed by atoms with Crippen LogP contribution in [0.1, 0.15) is 33.8 Å². The van der Waals surface area contributed by atoms with E-state index in [1.54, 1.807) is 11.3 Å². The summed E-state index contributed by atoms with van der Waals surface area (Å²) in [4.78, 5) is 8.22. The Bertz CT molecular complexity index is 861. The number of hydrogen-bond acceptors (Lipinski definition) is 3. The Balaban J connectivity index is 1.74. The zero-order chi connectivity index (χ0) is 17.2. The van der Waals surface area contributed by atoms with Crippen molar-refractivity contribution in [3.63, 3.8) is 0 Å². The summed E-state index contributed by atoms with van der Waals surface area (Å²) >= 11 is 7.50. The van der Waals surface area contributed by atoms with Crippen LogP contribution in [0.3, 0.4) is 0 Å². The zero-order valence-electron chi connectivity index (χ0n) is 13.9. The lowest BCUT2D eigenvalue weighted by molar-refractivity contribution is 0.315. The van der Waals surface area contributed by atoms with Gasteiger partial charge in [0.05, 0.1) is 17.8 Å². The SMILES string of the molecule is Cc1ccsc1C1C(c2ccccn2)NC(=S)N1Cc1ccccc1. The van der Waals surface area contributed by atoms with Gasteiger partial charge < -0.3 is 10.2 Å². The third kappa shape index (κ3) is 3.17. The van der Waals surface area contributed by atoms with Gasteiger partial charge in [-0.3, -0.25) is 4.98 Å². The van der Waals surface area contributed by atoms with Gasteiger partial charge in [0.2, 0.25) is 0 Å². The van der Waals surface area contributed by atoms with Crippen molar-refractivity contribution in [3.05, 3.63) is 87.9 Å². The van der Waals surface area contributed by atoms with E-state index in [2.05, 4.69) is 63.9 Å². The van der Waals surface area contributed by atoms with E-state index in [-0.39, 0.29) is 12.1 Å². The van der Waals surface area contributed by atoms with Crippen molar-refractivity contribution < 1.29 is 0 Å². The molecule has 3 aromatic rings. The number of thiocarbonyl (C=S) groups is 1. The van der Waals surface area contributed by atoms with Gasteiger partial charge >= 0.3 is 0 Å². The maximum Gasteiger partial charge on any atom is 0.170 e. The normalized spacial score (nSPS) is 19.9. The third-order valence-electron chi connectivity index (χ3n) is 4.56. The van der Waals surface area contributed by atoms with E-state index in [0.717, 1.165) is 17.4 Å². The lowest BCUT2D eigenvalue weighted by Gasteiger charge is -2.27. The van der Waals surface area contributed by atoms with Gasteiger partial charge in [-0.15, -0.1) is 11.3 Å². The van der Waals surface area contributed by atoms with E-state index in [4.69, 9.17) is 12.2 Å². The van der Waals surface area contributed by atoms with Crippen LogP contribution in [0.15, 0.2) is 66.2 Å². The molecule has 2 aromatic heterocycles. The second kappa shape index (κ2) is 6.94. The molecule has 1 fully saturated rings. The minimum absolute atomic E-state index is 0.0646. The van der Waals surface area contributed by atoms with Gasteiger partial charge in [0.15, 0.2) is 5.11 Å². The molecule has 0 amide bonds. The summed E-state index contributed by atoms with van der Waals surface area (Å²) < 4.78 is 0. The second-order valence-corrected chi connectivity index (χ2v) is 7.54. The maximum absolute atomic E-state index is 5.70. The first kappa shape index (κ1) is 16.2. The predicted molar refractivity (Wildman–Crippen MR) is 106 cm³/mol. The molecule has 2 atom stereocenters. The lowest BCUT2D eigenvalue weighted by Crippen LogP contribution is -2.29. The lowest BCUT2D eigenvalue weighted by atomic mass is 10.0. The van der Waals surface area contributed by atoms with Gasteiger partial charge in [-0.2, -0.15) is 0 Å². The molecule has 126 valence electrons. The Hall–Kier alpha value is -2.24.